The van der Waals surface area contributed by atoms with Crippen LogP contribution in [0.1, 0.15) is 49.6 Å². The molecule has 0 spiro atoms. The Morgan fingerprint density at radius 1 is 1.47 bits per heavy atom. The van der Waals surface area contributed by atoms with E-state index < -0.39 is 11.9 Å². The average molecular weight is 265 g/mol. The van der Waals surface area contributed by atoms with Gasteiger partial charge in [-0.15, -0.1) is 5.10 Å². The number of aromatic amines is 1. The van der Waals surface area contributed by atoms with E-state index in [9.17, 15) is 9.59 Å². The number of hydrogen-bond donors (Lipinski definition) is 3. The molecule has 1 heterocycles. The molecule has 104 valence electrons. The number of nitrogens with zero attached hydrogens (tertiary/aromatic N) is 2. The molecule has 1 aromatic rings. The van der Waals surface area contributed by atoms with Gasteiger partial charge in [-0.05, 0) is 26.2 Å². The first-order valence-corrected chi connectivity index (χ1v) is 6.62. The third kappa shape index (κ3) is 3.77. The van der Waals surface area contributed by atoms with Gasteiger partial charge in [0.15, 0.2) is 0 Å². The standard InChI is InChI=1S/C12H19N5O2/c1-3-4-9-15-10(17-16-9)12(19)13-7(2)11(18)14-8-5-6-8/h7-8H,3-6H2,1-2H3,(H,13,19)(H,14,18)(H,15,16,17). The molecule has 7 nitrogen and oxygen atoms in total. The molecule has 1 atom stereocenters. The second kappa shape index (κ2) is 5.81. The highest BCUT2D eigenvalue weighted by molar-refractivity contribution is 5.94. The molecule has 0 aliphatic heterocycles. The van der Waals surface area contributed by atoms with E-state index in [4.69, 9.17) is 0 Å². The van der Waals surface area contributed by atoms with Crippen LogP contribution < -0.4 is 10.6 Å². The van der Waals surface area contributed by atoms with Gasteiger partial charge in [0.1, 0.15) is 11.9 Å². The number of rotatable bonds is 6. The van der Waals surface area contributed by atoms with E-state index in [0.29, 0.717) is 5.82 Å². The molecule has 2 rings (SSSR count). The molecule has 3 N–H and O–H groups in total. The summed E-state index contributed by atoms with van der Waals surface area (Å²) < 4.78 is 0. The normalized spacial score (nSPS) is 15.9. The summed E-state index contributed by atoms with van der Waals surface area (Å²) in [7, 11) is 0. The zero-order valence-corrected chi connectivity index (χ0v) is 11.2. The predicted octanol–water partition coefficient (Wildman–Crippen LogP) is 0.154. The van der Waals surface area contributed by atoms with Gasteiger partial charge in [0, 0.05) is 12.5 Å². The summed E-state index contributed by atoms with van der Waals surface area (Å²) in [6.45, 7) is 3.67. The van der Waals surface area contributed by atoms with Gasteiger partial charge >= 0.3 is 0 Å². The summed E-state index contributed by atoms with van der Waals surface area (Å²) in [4.78, 5) is 27.6. The first-order chi connectivity index (χ1) is 9.10. The Morgan fingerprint density at radius 3 is 2.84 bits per heavy atom. The highest BCUT2D eigenvalue weighted by atomic mass is 16.2. The number of carbonyl (C=O) groups is 2. The maximum atomic E-state index is 11.8. The summed E-state index contributed by atoms with van der Waals surface area (Å²) in [5.74, 6) is 0.162. The van der Waals surface area contributed by atoms with E-state index in [0.717, 1.165) is 25.7 Å². The smallest absolute Gasteiger partial charge is 0.291 e. The predicted molar refractivity (Wildman–Crippen MR) is 68.5 cm³/mol. The minimum atomic E-state index is -0.582. The first kappa shape index (κ1) is 13.5. The lowest BCUT2D eigenvalue weighted by molar-refractivity contribution is -0.122. The molecule has 1 aliphatic carbocycles. The van der Waals surface area contributed by atoms with Gasteiger partial charge < -0.3 is 10.6 Å². The van der Waals surface area contributed by atoms with E-state index in [2.05, 4.69) is 25.8 Å². The van der Waals surface area contributed by atoms with E-state index in [1.54, 1.807) is 6.92 Å². The molecule has 7 heteroatoms. The summed E-state index contributed by atoms with van der Waals surface area (Å²) in [5, 5.41) is 12.0. The Labute approximate surface area is 111 Å². The molecule has 1 saturated carbocycles. The Hall–Kier alpha value is -1.92. The highest BCUT2D eigenvalue weighted by Gasteiger charge is 2.26. The summed E-state index contributed by atoms with van der Waals surface area (Å²) >= 11 is 0. The zero-order valence-electron chi connectivity index (χ0n) is 11.2. The van der Waals surface area contributed by atoms with Crippen LogP contribution in [0.5, 0.6) is 0 Å². The Morgan fingerprint density at radius 2 is 2.21 bits per heavy atom. The number of carbonyl (C=O) groups excluding carboxylic acids is 2. The van der Waals surface area contributed by atoms with Crippen LogP contribution >= 0.6 is 0 Å². The van der Waals surface area contributed by atoms with Crippen LogP contribution in [0.25, 0.3) is 0 Å². The molecule has 1 aliphatic rings. The van der Waals surface area contributed by atoms with Crippen molar-refractivity contribution in [2.75, 3.05) is 0 Å². The second-order valence-corrected chi connectivity index (χ2v) is 4.83. The van der Waals surface area contributed by atoms with Gasteiger partial charge in [0.05, 0.1) is 0 Å². The minimum absolute atomic E-state index is 0.0783. The van der Waals surface area contributed by atoms with Crippen LogP contribution in [-0.2, 0) is 11.2 Å². The van der Waals surface area contributed by atoms with Gasteiger partial charge in [0.2, 0.25) is 11.7 Å². The number of amides is 2. The van der Waals surface area contributed by atoms with E-state index in [1.165, 1.54) is 0 Å². The largest absolute Gasteiger partial charge is 0.352 e. The van der Waals surface area contributed by atoms with Crippen molar-refractivity contribution in [1.82, 2.24) is 25.8 Å². The quantitative estimate of drug-likeness (QED) is 0.682. The average Bonchev–Trinajstić information content (AvgIpc) is 3.05. The maximum Gasteiger partial charge on any atom is 0.291 e. The number of nitrogens with one attached hydrogen (secondary N) is 3. The fourth-order valence-electron chi connectivity index (χ4n) is 1.63. The molecule has 0 aromatic carbocycles. The fourth-order valence-corrected chi connectivity index (χ4v) is 1.63. The van der Waals surface area contributed by atoms with E-state index in [1.807, 2.05) is 6.92 Å². The Bertz CT molecular complexity index is 466. The van der Waals surface area contributed by atoms with Gasteiger partial charge in [0.25, 0.3) is 5.91 Å². The SMILES string of the molecule is CCCc1nc(C(=O)NC(C)C(=O)NC2CC2)n[nH]1. The van der Waals surface area contributed by atoms with Crippen LogP contribution in [0.2, 0.25) is 0 Å². The lowest BCUT2D eigenvalue weighted by atomic mass is 10.3. The molecule has 0 saturated heterocycles. The third-order valence-electron chi connectivity index (χ3n) is 2.89. The number of H-pyrrole nitrogens is 1. The number of hydrogen-bond acceptors (Lipinski definition) is 4. The third-order valence-corrected chi connectivity index (χ3v) is 2.89. The molecule has 1 fully saturated rings. The van der Waals surface area contributed by atoms with Crippen molar-refractivity contribution < 1.29 is 9.59 Å². The molecule has 19 heavy (non-hydrogen) atoms. The second-order valence-electron chi connectivity index (χ2n) is 4.83. The Balaban J connectivity index is 1.86. The molecule has 1 aromatic heterocycles. The molecule has 0 bridgehead atoms. The maximum absolute atomic E-state index is 11.8. The van der Waals surface area contributed by atoms with E-state index >= 15 is 0 Å². The van der Waals surface area contributed by atoms with Crippen molar-refractivity contribution in [3.8, 4) is 0 Å². The molecule has 0 radical (unpaired) electrons. The van der Waals surface area contributed by atoms with Crippen molar-refractivity contribution in [3.63, 3.8) is 0 Å². The van der Waals surface area contributed by atoms with Crippen LogP contribution in [0, 0.1) is 0 Å². The first-order valence-electron chi connectivity index (χ1n) is 6.62. The fraction of sp³-hybridized carbons (Fsp3) is 0.667. The number of aryl methyl sites for hydroxylation is 1. The number of aromatic nitrogens is 3. The van der Waals surface area contributed by atoms with E-state index in [-0.39, 0.29) is 17.8 Å². The van der Waals surface area contributed by atoms with Crippen LogP contribution in [0.3, 0.4) is 0 Å². The van der Waals surface area contributed by atoms with Crippen LogP contribution in [0.4, 0.5) is 0 Å². The van der Waals surface area contributed by atoms with Crippen molar-refractivity contribution in [1.29, 1.82) is 0 Å². The zero-order chi connectivity index (χ0) is 13.8. The lowest BCUT2D eigenvalue weighted by Gasteiger charge is -2.12. The summed E-state index contributed by atoms with van der Waals surface area (Å²) in [6, 6.07) is -0.298. The highest BCUT2D eigenvalue weighted by Crippen LogP contribution is 2.18. The molecule has 2 amide bonds. The Kier molecular flexibility index (Phi) is 4.13. The van der Waals surface area contributed by atoms with Gasteiger partial charge in [-0.1, -0.05) is 6.92 Å². The van der Waals surface area contributed by atoms with Crippen molar-refractivity contribution in [2.24, 2.45) is 0 Å². The van der Waals surface area contributed by atoms with Crippen LogP contribution in [-0.4, -0.2) is 39.1 Å². The molecular weight excluding hydrogens is 246 g/mol. The van der Waals surface area contributed by atoms with Gasteiger partial charge in [-0.3, -0.25) is 14.7 Å². The van der Waals surface area contributed by atoms with Crippen molar-refractivity contribution in [3.05, 3.63) is 11.6 Å². The van der Waals surface area contributed by atoms with Gasteiger partial charge in [-0.2, -0.15) is 0 Å². The van der Waals surface area contributed by atoms with Crippen molar-refractivity contribution in [2.45, 2.75) is 51.6 Å². The molecular formula is C12H19N5O2. The minimum Gasteiger partial charge on any atom is -0.352 e. The topological polar surface area (TPSA) is 99.8 Å². The van der Waals surface area contributed by atoms with Gasteiger partial charge in [-0.25, -0.2) is 4.98 Å². The summed E-state index contributed by atoms with van der Waals surface area (Å²) in [6.07, 6.45) is 3.72. The summed E-state index contributed by atoms with van der Waals surface area (Å²) in [5.41, 5.74) is 0. The lowest BCUT2D eigenvalue weighted by Crippen LogP contribution is -2.45. The monoisotopic (exact) mass is 265 g/mol. The molecule has 1 unspecified atom stereocenters. The van der Waals surface area contributed by atoms with Crippen LogP contribution in [0.15, 0.2) is 0 Å². The van der Waals surface area contributed by atoms with Crippen molar-refractivity contribution >= 4 is 11.8 Å².